The van der Waals surface area contributed by atoms with Crippen molar-refractivity contribution in [1.82, 2.24) is 24.5 Å². The molecule has 0 N–H and O–H groups in total. The first kappa shape index (κ1) is 16.9. The van der Waals surface area contributed by atoms with Crippen LogP contribution in [0.25, 0.3) is 16.6 Å². The van der Waals surface area contributed by atoms with Gasteiger partial charge in [-0.3, -0.25) is 14.2 Å². The van der Waals surface area contributed by atoms with Crippen molar-refractivity contribution < 1.29 is 4.79 Å². The van der Waals surface area contributed by atoms with Gasteiger partial charge < -0.3 is 4.90 Å². The van der Waals surface area contributed by atoms with Crippen LogP contribution in [0, 0.1) is 6.92 Å². The Balaban J connectivity index is 1.48. The lowest BCUT2D eigenvalue weighted by Gasteiger charge is -2.32. The van der Waals surface area contributed by atoms with E-state index in [4.69, 9.17) is 0 Å². The van der Waals surface area contributed by atoms with Crippen LogP contribution in [-0.2, 0) is 0 Å². The van der Waals surface area contributed by atoms with Gasteiger partial charge in [-0.15, -0.1) is 10.2 Å². The van der Waals surface area contributed by atoms with Crippen LogP contribution < -0.4 is 0 Å². The molecule has 1 aliphatic rings. The third kappa shape index (κ3) is 2.81. The van der Waals surface area contributed by atoms with E-state index in [0.29, 0.717) is 6.54 Å². The first-order valence-corrected chi connectivity index (χ1v) is 9.66. The van der Waals surface area contributed by atoms with Crippen LogP contribution in [0.5, 0.6) is 0 Å². The highest BCUT2D eigenvalue weighted by Crippen LogP contribution is 2.28. The van der Waals surface area contributed by atoms with Crippen molar-refractivity contribution in [3.63, 3.8) is 0 Å². The second-order valence-electron chi connectivity index (χ2n) is 7.41. The zero-order chi connectivity index (χ0) is 19.1. The van der Waals surface area contributed by atoms with E-state index in [-0.39, 0.29) is 11.8 Å². The van der Waals surface area contributed by atoms with E-state index in [1.165, 1.54) is 0 Å². The zero-order valence-electron chi connectivity index (χ0n) is 15.7. The average molecular weight is 371 g/mol. The van der Waals surface area contributed by atoms with E-state index in [0.717, 1.165) is 53.0 Å². The molecule has 28 heavy (non-hydrogen) atoms. The van der Waals surface area contributed by atoms with E-state index in [2.05, 4.69) is 15.2 Å². The van der Waals surface area contributed by atoms with Crippen molar-refractivity contribution in [3.05, 3.63) is 71.8 Å². The fourth-order valence-corrected chi connectivity index (χ4v) is 4.17. The lowest BCUT2D eigenvalue weighted by atomic mass is 9.96. The average Bonchev–Trinajstić information content (AvgIpc) is 3.17. The van der Waals surface area contributed by atoms with Crippen molar-refractivity contribution in [1.29, 1.82) is 0 Å². The molecular weight excluding hydrogens is 350 g/mol. The van der Waals surface area contributed by atoms with Gasteiger partial charge in [-0.25, -0.2) is 0 Å². The third-order valence-corrected chi connectivity index (χ3v) is 5.49. The van der Waals surface area contributed by atoms with Gasteiger partial charge in [0, 0.05) is 36.3 Å². The third-order valence-electron chi connectivity index (χ3n) is 5.49. The molecule has 1 aromatic carbocycles. The van der Waals surface area contributed by atoms with Gasteiger partial charge in [0.25, 0.3) is 5.91 Å². The number of hydrogen-bond donors (Lipinski definition) is 0. The highest BCUT2D eigenvalue weighted by atomic mass is 16.2. The second kappa shape index (κ2) is 6.71. The summed E-state index contributed by atoms with van der Waals surface area (Å²) in [7, 11) is 0. The molecule has 1 aliphatic heterocycles. The van der Waals surface area contributed by atoms with Crippen molar-refractivity contribution in [3.8, 4) is 0 Å². The monoisotopic (exact) mass is 371 g/mol. The first-order valence-electron chi connectivity index (χ1n) is 9.66. The largest absolute Gasteiger partial charge is 0.338 e. The van der Waals surface area contributed by atoms with Crippen LogP contribution in [0.2, 0.25) is 0 Å². The number of carbonyl (C=O) groups is 1. The van der Waals surface area contributed by atoms with Crippen LogP contribution >= 0.6 is 0 Å². The summed E-state index contributed by atoms with van der Waals surface area (Å²) in [6.07, 6.45) is 3.96. The van der Waals surface area contributed by atoms with Crippen LogP contribution in [-0.4, -0.2) is 43.5 Å². The number of fused-ring (bicyclic) bond motifs is 2. The number of benzene rings is 1. The number of pyridine rings is 2. The van der Waals surface area contributed by atoms with Gasteiger partial charge in [-0.05, 0) is 44.0 Å². The van der Waals surface area contributed by atoms with Gasteiger partial charge >= 0.3 is 0 Å². The number of likely N-dealkylation sites (tertiary alicyclic amines) is 1. The van der Waals surface area contributed by atoms with Gasteiger partial charge in [0.05, 0.1) is 11.1 Å². The Morgan fingerprint density at radius 2 is 1.96 bits per heavy atom. The summed E-state index contributed by atoms with van der Waals surface area (Å²) in [5.41, 5.74) is 3.30. The summed E-state index contributed by atoms with van der Waals surface area (Å²) >= 11 is 0. The van der Waals surface area contributed by atoms with Gasteiger partial charge in [0.1, 0.15) is 5.82 Å². The summed E-state index contributed by atoms with van der Waals surface area (Å²) in [5.74, 6) is 1.19. The van der Waals surface area contributed by atoms with Crippen LogP contribution in [0.4, 0.5) is 0 Å². The molecule has 1 fully saturated rings. The number of para-hydroxylation sites is 1. The molecule has 140 valence electrons. The highest BCUT2D eigenvalue weighted by molar-refractivity contribution is 6.06. The summed E-state index contributed by atoms with van der Waals surface area (Å²) in [6, 6.07) is 15.6. The standard InChI is InChI=1S/C22H21N5O/c1-15-13-18(17-8-2-3-9-19(17)23-15)22(28)26-11-6-7-16(14-26)21-25-24-20-10-4-5-12-27(20)21/h2-5,8-10,12-13,16H,6-7,11,14H2,1H3. The first-order chi connectivity index (χ1) is 13.7. The lowest BCUT2D eigenvalue weighted by molar-refractivity contribution is 0.0706. The number of rotatable bonds is 2. The van der Waals surface area contributed by atoms with Crippen molar-refractivity contribution in [2.75, 3.05) is 13.1 Å². The summed E-state index contributed by atoms with van der Waals surface area (Å²) < 4.78 is 2.03. The Bertz CT molecular complexity index is 1180. The molecule has 0 saturated carbocycles. The molecule has 1 atom stereocenters. The maximum Gasteiger partial charge on any atom is 0.254 e. The number of nitrogens with zero attached hydrogens (tertiary/aromatic N) is 5. The second-order valence-corrected chi connectivity index (χ2v) is 7.41. The SMILES string of the molecule is Cc1cc(C(=O)N2CCCC(c3nnc4ccccn34)C2)c2ccccc2n1. The Labute approximate surface area is 162 Å². The van der Waals surface area contributed by atoms with E-state index in [9.17, 15) is 4.79 Å². The minimum atomic E-state index is 0.0696. The summed E-state index contributed by atoms with van der Waals surface area (Å²) in [4.78, 5) is 19.9. The molecule has 4 heterocycles. The van der Waals surface area contributed by atoms with Crippen molar-refractivity contribution in [2.24, 2.45) is 0 Å². The Hall–Kier alpha value is -3.28. The Morgan fingerprint density at radius 1 is 1.11 bits per heavy atom. The van der Waals surface area contributed by atoms with Crippen molar-refractivity contribution >= 4 is 22.5 Å². The molecule has 3 aromatic heterocycles. The number of carbonyl (C=O) groups excluding carboxylic acids is 1. The molecule has 4 aromatic rings. The lowest BCUT2D eigenvalue weighted by Crippen LogP contribution is -2.39. The topological polar surface area (TPSA) is 63.4 Å². The maximum atomic E-state index is 13.4. The minimum Gasteiger partial charge on any atom is -0.338 e. The molecule has 1 unspecified atom stereocenters. The predicted molar refractivity (Wildman–Crippen MR) is 107 cm³/mol. The number of aryl methyl sites for hydroxylation is 1. The normalized spacial score (nSPS) is 17.3. The number of hydrogen-bond acceptors (Lipinski definition) is 4. The predicted octanol–water partition coefficient (Wildman–Crippen LogP) is 3.61. The molecule has 0 aliphatic carbocycles. The molecule has 0 spiro atoms. The fourth-order valence-electron chi connectivity index (χ4n) is 4.17. The molecule has 5 rings (SSSR count). The van der Waals surface area contributed by atoms with Gasteiger partial charge in [-0.2, -0.15) is 0 Å². The van der Waals surface area contributed by atoms with E-state index >= 15 is 0 Å². The zero-order valence-corrected chi connectivity index (χ0v) is 15.7. The van der Waals surface area contributed by atoms with Crippen LogP contribution in [0.15, 0.2) is 54.7 Å². The highest BCUT2D eigenvalue weighted by Gasteiger charge is 2.29. The molecule has 0 bridgehead atoms. The number of aromatic nitrogens is 4. The van der Waals surface area contributed by atoms with Crippen LogP contribution in [0.3, 0.4) is 0 Å². The quantitative estimate of drug-likeness (QED) is 0.540. The van der Waals surface area contributed by atoms with E-state index in [1.54, 1.807) is 0 Å². The maximum absolute atomic E-state index is 13.4. The van der Waals surface area contributed by atoms with Crippen molar-refractivity contribution in [2.45, 2.75) is 25.7 Å². The molecule has 1 amide bonds. The van der Waals surface area contributed by atoms with Gasteiger partial charge in [0.15, 0.2) is 5.65 Å². The van der Waals surface area contributed by atoms with E-state index in [1.807, 2.05) is 71.0 Å². The fraction of sp³-hybridized carbons (Fsp3) is 0.273. The van der Waals surface area contributed by atoms with Gasteiger partial charge in [0.2, 0.25) is 0 Å². The summed E-state index contributed by atoms with van der Waals surface area (Å²) in [6.45, 7) is 3.36. The molecular formula is C22H21N5O. The molecule has 0 radical (unpaired) electrons. The summed E-state index contributed by atoms with van der Waals surface area (Å²) in [5, 5.41) is 9.60. The molecule has 1 saturated heterocycles. The Kier molecular flexibility index (Phi) is 4.04. The Morgan fingerprint density at radius 3 is 2.89 bits per heavy atom. The number of piperidine rings is 1. The number of amides is 1. The van der Waals surface area contributed by atoms with Gasteiger partial charge in [-0.1, -0.05) is 24.3 Å². The van der Waals surface area contributed by atoms with Crippen LogP contribution in [0.1, 0.15) is 40.6 Å². The smallest absolute Gasteiger partial charge is 0.254 e. The van der Waals surface area contributed by atoms with E-state index < -0.39 is 0 Å². The minimum absolute atomic E-state index is 0.0696. The molecule has 6 heteroatoms. The molecule has 6 nitrogen and oxygen atoms in total.